The first-order valence-corrected chi connectivity index (χ1v) is 7.14. The van der Waals surface area contributed by atoms with Crippen LogP contribution in [0.5, 0.6) is 0 Å². The number of hydrogen-bond acceptors (Lipinski definition) is 5. The molecule has 0 spiro atoms. The Morgan fingerprint density at radius 2 is 2.56 bits per heavy atom. The van der Waals surface area contributed by atoms with Crippen LogP contribution >= 0.6 is 22.9 Å². The number of carbonyl (C=O) groups excluding carboxylic acids is 1. The van der Waals surface area contributed by atoms with Gasteiger partial charge in [-0.15, -0.1) is 22.9 Å². The highest BCUT2D eigenvalue weighted by molar-refractivity contribution is 7.09. The van der Waals surface area contributed by atoms with Crippen LogP contribution in [-0.4, -0.2) is 53.3 Å². The number of aromatic nitrogens is 1. The minimum absolute atomic E-state index is 0.0206. The highest BCUT2D eigenvalue weighted by Crippen LogP contribution is 2.14. The molecular formula is C11H15ClN2O3S. The van der Waals surface area contributed by atoms with E-state index in [2.05, 4.69) is 4.98 Å². The van der Waals surface area contributed by atoms with E-state index < -0.39 is 0 Å². The highest BCUT2D eigenvalue weighted by atomic mass is 35.5. The van der Waals surface area contributed by atoms with Crippen LogP contribution < -0.4 is 0 Å². The second-order valence-corrected chi connectivity index (χ2v) is 5.27. The molecule has 1 unspecified atom stereocenters. The van der Waals surface area contributed by atoms with Gasteiger partial charge in [-0.3, -0.25) is 4.79 Å². The molecule has 0 saturated carbocycles. The van der Waals surface area contributed by atoms with Gasteiger partial charge in [0, 0.05) is 18.5 Å². The van der Waals surface area contributed by atoms with Crippen molar-refractivity contribution in [3.05, 3.63) is 16.1 Å². The van der Waals surface area contributed by atoms with Crippen molar-refractivity contribution in [2.45, 2.75) is 18.4 Å². The van der Waals surface area contributed by atoms with Gasteiger partial charge >= 0.3 is 0 Å². The van der Waals surface area contributed by atoms with Crippen LogP contribution in [0.4, 0.5) is 0 Å². The number of morpholine rings is 1. The molecule has 1 aromatic heterocycles. The topological polar surface area (TPSA) is 62.7 Å². The number of aliphatic hydroxyl groups excluding tert-OH is 1. The number of rotatable bonds is 4. The van der Waals surface area contributed by atoms with Gasteiger partial charge in [-0.05, 0) is 0 Å². The first kappa shape index (κ1) is 13.7. The monoisotopic (exact) mass is 290 g/mol. The van der Waals surface area contributed by atoms with Crippen molar-refractivity contribution in [1.29, 1.82) is 0 Å². The van der Waals surface area contributed by atoms with Crippen molar-refractivity contribution in [3.8, 4) is 0 Å². The summed E-state index contributed by atoms with van der Waals surface area (Å²) in [5.74, 6) is 0.390. The lowest BCUT2D eigenvalue weighted by molar-refractivity contribution is -0.139. The Hall–Kier alpha value is -0.690. The molecule has 0 bridgehead atoms. The Labute approximate surface area is 114 Å². The van der Waals surface area contributed by atoms with Crippen LogP contribution in [0, 0.1) is 0 Å². The summed E-state index contributed by atoms with van der Waals surface area (Å²) < 4.78 is 5.30. The first-order valence-electron chi connectivity index (χ1n) is 5.72. The lowest BCUT2D eigenvalue weighted by atomic mass is 10.2. The maximum atomic E-state index is 12.0. The zero-order valence-electron chi connectivity index (χ0n) is 9.84. The van der Waals surface area contributed by atoms with Crippen LogP contribution in [0.15, 0.2) is 5.38 Å². The quantitative estimate of drug-likeness (QED) is 0.827. The zero-order valence-corrected chi connectivity index (χ0v) is 11.4. The Morgan fingerprint density at radius 1 is 1.72 bits per heavy atom. The molecule has 2 heterocycles. The van der Waals surface area contributed by atoms with Gasteiger partial charge in [0.15, 0.2) is 0 Å². The minimum atomic E-state index is -0.266. The van der Waals surface area contributed by atoms with Gasteiger partial charge in [-0.25, -0.2) is 4.98 Å². The maximum Gasteiger partial charge on any atom is 0.229 e. The van der Waals surface area contributed by atoms with Crippen molar-refractivity contribution < 1.29 is 14.6 Å². The second-order valence-electron chi connectivity index (χ2n) is 4.06. The fourth-order valence-corrected chi connectivity index (χ4v) is 2.80. The summed E-state index contributed by atoms with van der Waals surface area (Å²) in [7, 11) is 0. The van der Waals surface area contributed by atoms with E-state index in [0.29, 0.717) is 32.0 Å². The van der Waals surface area contributed by atoms with E-state index in [1.54, 1.807) is 4.90 Å². The van der Waals surface area contributed by atoms with Gasteiger partial charge in [-0.1, -0.05) is 0 Å². The summed E-state index contributed by atoms with van der Waals surface area (Å²) in [5, 5.41) is 11.7. The van der Waals surface area contributed by atoms with E-state index in [1.165, 1.54) is 11.3 Å². The second kappa shape index (κ2) is 6.47. The summed E-state index contributed by atoms with van der Waals surface area (Å²) in [5.41, 5.74) is 0.805. The summed E-state index contributed by atoms with van der Waals surface area (Å²) >= 11 is 7.12. The standard InChI is InChI=1S/C11H15ClN2O3S/c12-4-8-7-18-10(13-8)3-11(16)14-1-2-17-9(5-14)6-15/h7,9,15H,1-6H2. The van der Waals surface area contributed by atoms with Crippen LogP contribution in [-0.2, 0) is 21.8 Å². The third-order valence-corrected chi connectivity index (χ3v) is 3.91. The Balaban J connectivity index is 1.90. The van der Waals surface area contributed by atoms with Gasteiger partial charge < -0.3 is 14.7 Å². The number of halogens is 1. The number of alkyl halides is 1. The molecule has 1 aliphatic rings. The van der Waals surface area contributed by atoms with Crippen molar-refractivity contribution in [2.75, 3.05) is 26.3 Å². The van der Waals surface area contributed by atoms with Gasteiger partial charge in [0.25, 0.3) is 0 Å². The zero-order chi connectivity index (χ0) is 13.0. The number of hydrogen-bond donors (Lipinski definition) is 1. The van der Waals surface area contributed by atoms with E-state index in [0.717, 1.165) is 10.7 Å². The van der Waals surface area contributed by atoms with Crippen molar-refractivity contribution in [3.63, 3.8) is 0 Å². The molecule has 7 heteroatoms. The van der Waals surface area contributed by atoms with Crippen LogP contribution in [0.3, 0.4) is 0 Å². The van der Waals surface area contributed by atoms with E-state index in [-0.39, 0.29) is 18.6 Å². The average molecular weight is 291 g/mol. The van der Waals surface area contributed by atoms with E-state index in [1.807, 2.05) is 5.38 Å². The predicted molar refractivity (Wildman–Crippen MR) is 68.8 cm³/mol. The molecule has 1 fully saturated rings. The molecule has 0 aliphatic carbocycles. The van der Waals surface area contributed by atoms with Crippen LogP contribution in [0.1, 0.15) is 10.7 Å². The molecule has 1 saturated heterocycles. The molecule has 1 N–H and O–H groups in total. The molecule has 1 amide bonds. The summed E-state index contributed by atoms with van der Waals surface area (Å²) in [6, 6.07) is 0. The average Bonchev–Trinajstić information content (AvgIpc) is 2.86. The fraction of sp³-hybridized carbons (Fsp3) is 0.636. The number of ether oxygens (including phenoxy) is 1. The molecule has 1 atom stereocenters. The number of thiazole rings is 1. The summed E-state index contributed by atoms with van der Waals surface area (Å²) in [6.45, 7) is 1.44. The van der Waals surface area contributed by atoms with Crippen LogP contribution in [0.2, 0.25) is 0 Å². The fourth-order valence-electron chi connectivity index (χ4n) is 1.79. The van der Waals surface area contributed by atoms with E-state index >= 15 is 0 Å². The van der Waals surface area contributed by atoms with E-state index in [4.69, 9.17) is 21.4 Å². The van der Waals surface area contributed by atoms with E-state index in [9.17, 15) is 4.79 Å². The van der Waals surface area contributed by atoms with Crippen molar-refractivity contribution >= 4 is 28.8 Å². The lowest BCUT2D eigenvalue weighted by Crippen LogP contribution is -2.47. The SMILES string of the molecule is O=C(Cc1nc(CCl)cs1)N1CCOC(CO)C1. The minimum Gasteiger partial charge on any atom is -0.394 e. The van der Waals surface area contributed by atoms with Crippen molar-refractivity contribution in [1.82, 2.24) is 9.88 Å². The normalized spacial score (nSPS) is 20.1. The Morgan fingerprint density at radius 3 is 3.22 bits per heavy atom. The lowest BCUT2D eigenvalue weighted by Gasteiger charge is -2.31. The Bertz CT molecular complexity index is 413. The summed E-state index contributed by atoms with van der Waals surface area (Å²) in [4.78, 5) is 18.0. The van der Waals surface area contributed by atoms with Gasteiger partial charge in [0.05, 0.1) is 37.3 Å². The van der Waals surface area contributed by atoms with Crippen LogP contribution in [0.25, 0.3) is 0 Å². The van der Waals surface area contributed by atoms with Gasteiger partial charge in [0.2, 0.25) is 5.91 Å². The molecule has 0 aromatic carbocycles. The highest BCUT2D eigenvalue weighted by Gasteiger charge is 2.24. The number of nitrogens with zero attached hydrogens (tertiary/aromatic N) is 2. The first-order chi connectivity index (χ1) is 8.72. The van der Waals surface area contributed by atoms with Crippen molar-refractivity contribution in [2.24, 2.45) is 0 Å². The molecule has 18 heavy (non-hydrogen) atoms. The third kappa shape index (κ3) is 3.41. The number of carbonyl (C=O) groups is 1. The smallest absolute Gasteiger partial charge is 0.229 e. The molecule has 1 aliphatic heterocycles. The number of amides is 1. The van der Waals surface area contributed by atoms with Gasteiger partial charge in [-0.2, -0.15) is 0 Å². The molecule has 0 radical (unpaired) electrons. The predicted octanol–water partition coefficient (Wildman–Crippen LogP) is 0.644. The number of aliphatic hydroxyl groups is 1. The largest absolute Gasteiger partial charge is 0.394 e. The maximum absolute atomic E-state index is 12.0. The summed E-state index contributed by atoms with van der Waals surface area (Å²) in [6.07, 6.45) is 0.0251. The third-order valence-electron chi connectivity index (χ3n) is 2.73. The Kier molecular flexibility index (Phi) is 4.94. The molecule has 5 nitrogen and oxygen atoms in total. The molecule has 1 aromatic rings. The molecular weight excluding hydrogens is 276 g/mol. The van der Waals surface area contributed by atoms with Gasteiger partial charge in [0.1, 0.15) is 5.01 Å². The molecule has 2 rings (SSSR count). The molecule has 100 valence electrons.